The Morgan fingerprint density at radius 2 is 2.04 bits per heavy atom. The van der Waals surface area contributed by atoms with E-state index in [1.165, 1.54) is 12.3 Å². The predicted octanol–water partition coefficient (Wildman–Crippen LogP) is 3.65. The van der Waals surface area contributed by atoms with E-state index >= 15 is 0 Å². The highest BCUT2D eigenvalue weighted by molar-refractivity contribution is 9.10. The van der Waals surface area contributed by atoms with Crippen molar-refractivity contribution in [2.75, 3.05) is 6.61 Å². The molecule has 6 nitrogen and oxygen atoms in total. The monoisotopic (exact) mass is 435 g/mol. The number of carbonyl (C=O) groups excluding carboxylic acids is 1. The number of pyridine rings is 1. The molecule has 0 aliphatic carbocycles. The van der Waals surface area contributed by atoms with Gasteiger partial charge in [-0.05, 0) is 51.8 Å². The summed E-state index contributed by atoms with van der Waals surface area (Å²) in [5.74, 6) is 0.113. The number of aromatic nitrogens is 1. The predicted molar refractivity (Wildman–Crippen MR) is 106 cm³/mol. The van der Waals surface area contributed by atoms with Crippen LogP contribution < -0.4 is 10.2 Å². The van der Waals surface area contributed by atoms with Gasteiger partial charge in [-0.1, -0.05) is 18.2 Å². The second-order valence-electron chi connectivity index (χ2n) is 5.13. The largest absolute Gasteiger partial charge is 0.507 e. The standard InChI is InChI=1S/C18H14BrN3O3.ClH/c19-14-9-12(5-7-16(14)23)10-20-22-17(24)11-25-18-8-6-13-3-1-2-4-15(13)21-18;/h1-10,23H,11H2,(H,22,24);1H/b20-10+;. The molecular weight excluding hydrogens is 422 g/mol. The third-order valence-corrected chi connectivity index (χ3v) is 3.93. The average molecular weight is 437 g/mol. The van der Waals surface area contributed by atoms with Crippen LogP contribution in [-0.2, 0) is 4.79 Å². The van der Waals surface area contributed by atoms with Crippen LogP contribution in [0.5, 0.6) is 11.6 Å². The van der Waals surface area contributed by atoms with Crippen molar-refractivity contribution in [1.29, 1.82) is 0 Å². The molecule has 8 heteroatoms. The fourth-order valence-corrected chi connectivity index (χ4v) is 2.48. The lowest BCUT2D eigenvalue weighted by Crippen LogP contribution is -2.24. The normalized spacial score (nSPS) is 10.5. The minimum absolute atomic E-state index is 0. The number of hydrazone groups is 1. The number of fused-ring (bicyclic) bond motifs is 1. The number of hydrogen-bond acceptors (Lipinski definition) is 5. The summed E-state index contributed by atoms with van der Waals surface area (Å²) in [7, 11) is 0. The van der Waals surface area contributed by atoms with Gasteiger partial charge in [0.05, 0.1) is 16.2 Å². The molecule has 0 unspecified atom stereocenters. The van der Waals surface area contributed by atoms with Gasteiger partial charge in [0.15, 0.2) is 6.61 Å². The molecule has 2 N–H and O–H groups in total. The van der Waals surface area contributed by atoms with E-state index in [0.717, 1.165) is 16.5 Å². The number of ether oxygens (including phenoxy) is 1. The van der Waals surface area contributed by atoms with Gasteiger partial charge in [0, 0.05) is 11.5 Å². The van der Waals surface area contributed by atoms with Crippen molar-refractivity contribution < 1.29 is 14.6 Å². The van der Waals surface area contributed by atoms with Crippen molar-refractivity contribution >= 4 is 51.4 Å². The number of aromatic hydroxyl groups is 1. The minimum Gasteiger partial charge on any atom is -0.507 e. The molecule has 1 aromatic heterocycles. The fraction of sp³-hybridized carbons (Fsp3) is 0.0556. The van der Waals surface area contributed by atoms with Crippen molar-refractivity contribution in [2.24, 2.45) is 5.10 Å². The Labute approximate surface area is 164 Å². The molecule has 26 heavy (non-hydrogen) atoms. The second-order valence-corrected chi connectivity index (χ2v) is 5.99. The molecule has 0 aliphatic rings. The summed E-state index contributed by atoms with van der Waals surface area (Å²) in [6.45, 7) is -0.193. The molecule has 0 saturated carbocycles. The number of hydrogen-bond donors (Lipinski definition) is 2. The zero-order chi connectivity index (χ0) is 17.6. The number of carbonyl (C=O) groups is 1. The van der Waals surface area contributed by atoms with Gasteiger partial charge in [-0.3, -0.25) is 4.79 Å². The first kappa shape index (κ1) is 19.7. The summed E-state index contributed by atoms with van der Waals surface area (Å²) < 4.78 is 5.93. The lowest BCUT2D eigenvalue weighted by molar-refractivity contribution is -0.123. The van der Waals surface area contributed by atoms with E-state index in [2.05, 4.69) is 31.4 Å². The highest BCUT2D eigenvalue weighted by atomic mass is 79.9. The zero-order valence-electron chi connectivity index (χ0n) is 13.4. The van der Waals surface area contributed by atoms with Crippen LogP contribution >= 0.6 is 28.3 Å². The van der Waals surface area contributed by atoms with E-state index in [-0.39, 0.29) is 24.8 Å². The third-order valence-electron chi connectivity index (χ3n) is 3.30. The Morgan fingerprint density at radius 3 is 2.85 bits per heavy atom. The van der Waals surface area contributed by atoms with E-state index < -0.39 is 5.91 Å². The summed E-state index contributed by atoms with van der Waals surface area (Å²) in [5.41, 5.74) is 3.90. The highest BCUT2D eigenvalue weighted by Gasteiger charge is 2.04. The molecule has 2 aromatic carbocycles. The second kappa shape index (κ2) is 9.17. The van der Waals surface area contributed by atoms with E-state index in [1.807, 2.05) is 30.3 Å². The summed E-state index contributed by atoms with van der Waals surface area (Å²) in [6.07, 6.45) is 1.47. The van der Waals surface area contributed by atoms with Gasteiger partial charge in [-0.25, -0.2) is 10.4 Å². The number of halogens is 2. The van der Waals surface area contributed by atoms with Gasteiger partial charge in [-0.15, -0.1) is 12.4 Å². The van der Waals surface area contributed by atoms with E-state index in [9.17, 15) is 9.90 Å². The van der Waals surface area contributed by atoms with E-state index in [0.29, 0.717) is 10.4 Å². The van der Waals surface area contributed by atoms with Gasteiger partial charge < -0.3 is 9.84 Å². The van der Waals surface area contributed by atoms with Crippen LogP contribution in [0.4, 0.5) is 0 Å². The molecule has 0 radical (unpaired) electrons. The number of nitrogens with zero attached hydrogens (tertiary/aromatic N) is 2. The Bertz CT molecular complexity index is 950. The smallest absolute Gasteiger partial charge is 0.278 e. The third kappa shape index (κ3) is 5.18. The summed E-state index contributed by atoms with van der Waals surface area (Å²) >= 11 is 3.21. The number of phenolic OH excluding ortho intramolecular Hbond substituents is 1. The molecule has 0 saturated heterocycles. The molecule has 0 bridgehead atoms. The summed E-state index contributed by atoms with van der Waals surface area (Å²) in [4.78, 5) is 16.1. The maximum Gasteiger partial charge on any atom is 0.278 e. The SMILES string of the molecule is Cl.O=C(COc1ccc2ccccc2n1)N/N=C/c1ccc(O)c(Br)c1. The van der Waals surface area contributed by atoms with Crippen LogP contribution in [0.1, 0.15) is 5.56 Å². The highest BCUT2D eigenvalue weighted by Crippen LogP contribution is 2.23. The van der Waals surface area contributed by atoms with Gasteiger partial charge in [-0.2, -0.15) is 5.10 Å². The molecule has 0 aliphatic heterocycles. The van der Waals surface area contributed by atoms with Crippen LogP contribution in [0.25, 0.3) is 10.9 Å². The van der Waals surface area contributed by atoms with Crippen LogP contribution in [0, 0.1) is 0 Å². The van der Waals surface area contributed by atoms with Crippen LogP contribution in [0.15, 0.2) is 64.2 Å². The van der Waals surface area contributed by atoms with Crippen molar-refractivity contribution in [1.82, 2.24) is 10.4 Å². The average Bonchev–Trinajstić information content (AvgIpc) is 2.63. The van der Waals surface area contributed by atoms with Crippen LogP contribution in [0.3, 0.4) is 0 Å². The molecular formula is C18H15BrClN3O3. The lowest BCUT2D eigenvalue weighted by Gasteiger charge is -2.05. The molecule has 3 rings (SSSR count). The maximum atomic E-state index is 11.8. The molecule has 1 heterocycles. The Balaban J connectivity index is 0.00000243. The van der Waals surface area contributed by atoms with Gasteiger partial charge in [0.2, 0.25) is 5.88 Å². The number of benzene rings is 2. The Morgan fingerprint density at radius 1 is 1.23 bits per heavy atom. The molecule has 0 atom stereocenters. The Hall–Kier alpha value is -2.64. The van der Waals surface area contributed by atoms with Gasteiger partial charge in [0.25, 0.3) is 5.91 Å². The number of para-hydroxylation sites is 1. The summed E-state index contributed by atoms with van der Waals surface area (Å²) in [5, 5.41) is 14.3. The van der Waals surface area contributed by atoms with Crippen molar-refractivity contribution in [3.63, 3.8) is 0 Å². The first-order valence-corrected chi connectivity index (χ1v) is 8.20. The molecule has 134 valence electrons. The zero-order valence-corrected chi connectivity index (χ0v) is 15.8. The molecule has 0 fully saturated rings. The lowest BCUT2D eigenvalue weighted by atomic mass is 10.2. The number of nitrogens with one attached hydrogen (secondary N) is 1. The van der Waals surface area contributed by atoms with Crippen molar-refractivity contribution in [2.45, 2.75) is 0 Å². The quantitative estimate of drug-likeness (QED) is 0.472. The first-order valence-electron chi connectivity index (χ1n) is 7.41. The van der Waals surface area contributed by atoms with E-state index in [4.69, 9.17) is 4.74 Å². The Kier molecular flexibility index (Phi) is 6.94. The molecule has 1 amide bonds. The first-order chi connectivity index (χ1) is 12.1. The van der Waals surface area contributed by atoms with E-state index in [1.54, 1.807) is 18.2 Å². The number of amides is 1. The number of rotatable bonds is 5. The topological polar surface area (TPSA) is 83.8 Å². The maximum absolute atomic E-state index is 11.8. The minimum atomic E-state index is -0.399. The van der Waals surface area contributed by atoms with Gasteiger partial charge >= 0.3 is 0 Å². The molecule has 3 aromatic rings. The fourth-order valence-electron chi connectivity index (χ4n) is 2.08. The van der Waals surface area contributed by atoms with Crippen molar-refractivity contribution in [3.05, 3.63) is 64.6 Å². The van der Waals surface area contributed by atoms with Gasteiger partial charge in [0.1, 0.15) is 5.75 Å². The van der Waals surface area contributed by atoms with Crippen LogP contribution in [0.2, 0.25) is 0 Å². The van der Waals surface area contributed by atoms with Crippen LogP contribution in [-0.4, -0.2) is 28.8 Å². The molecule has 0 spiro atoms. The van der Waals surface area contributed by atoms with Crippen molar-refractivity contribution in [3.8, 4) is 11.6 Å². The summed E-state index contributed by atoms with van der Waals surface area (Å²) in [6, 6.07) is 16.1. The number of phenols is 1.